The fourth-order valence-electron chi connectivity index (χ4n) is 4.61. The Labute approximate surface area is 178 Å². The topological polar surface area (TPSA) is 91.8 Å². The van der Waals surface area contributed by atoms with E-state index in [2.05, 4.69) is 15.2 Å². The van der Waals surface area contributed by atoms with Crippen molar-refractivity contribution in [2.45, 2.75) is 25.7 Å². The molecule has 0 spiro atoms. The van der Waals surface area contributed by atoms with Crippen molar-refractivity contribution < 1.29 is 19.1 Å². The second kappa shape index (κ2) is 7.96. The van der Waals surface area contributed by atoms with Crippen LogP contribution in [0.15, 0.2) is 18.2 Å². The molecule has 30 heavy (non-hydrogen) atoms. The number of benzene rings is 1. The summed E-state index contributed by atoms with van der Waals surface area (Å²) in [6.07, 6.45) is 3.45. The van der Waals surface area contributed by atoms with Gasteiger partial charge in [-0.25, -0.2) is 4.98 Å². The smallest absolute Gasteiger partial charge is 0.244 e. The van der Waals surface area contributed by atoms with Crippen molar-refractivity contribution in [2.75, 3.05) is 43.1 Å². The number of carbonyl (C=O) groups is 3. The Morgan fingerprint density at radius 1 is 1.13 bits per heavy atom. The first-order valence-corrected chi connectivity index (χ1v) is 11.3. The SMILES string of the molecule is O=C(CN1C(=O)[C@H]2CCCC[C@@H]2C1=O)Nc1ccc2nc(N3CCOCC3)sc2c1. The molecule has 9 heteroatoms. The normalized spacial score (nSPS) is 24.4. The van der Waals surface area contributed by atoms with Crippen LogP contribution in [-0.4, -0.2) is 60.5 Å². The second-order valence-electron chi connectivity index (χ2n) is 8.09. The Kier molecular flexibility index (Phi) is 5.16. The number of nitrogens with one attached hydrogen (secondary N) is 1. The van der Waals surface area contributed by atoms with Crippen molar-refractivity contribution in [3.63, 3.8) is 0 Å². The maximum absolute atomic E-state index is 12.6. The molecule has 3 heterocycles. The molecule has 3 aliphatic rings. The molecule has 158 valence electrons. The third-order valence-corrected chi connectivity index (χ3v) is 7.26. The molecular weight excluding hydrogens is 404 g/mol. The number of hydrogen-bond donors (Lipinski definition) is 1. The number of morpholine rings is 1. The first-order chi connectivity index (χ1) is 14.6. The lowest BCUT2D eigenvalue weighted by Crippen LogP contribution is -2.38. The van der Waals surface area contributed by atoms with Crippen LogP contribution >= 0.6 is 11.3 Å². The number of anilines is 2. The van der Waals surface area contributed by atoms with Crippen LogP contribution in [0.2, 0.25) is 0 Å². The summed E-state index contributed by atoms with van der Waals surface area (Å²) in [6.45, 7) is 2.83. The largest absolute Gasteiger partial charge is 0.378 e. The first-order valence-electron chi connectivity index (χ1n) is 10.5. The Hall–Kier alpha value is -2.52. The molecule has 2 atom stereocenters. The summed E-state index contributed by atoms with van der Waals surface area (Å²) < 4.78 is 6.37. The van der Waals surface area contributed by atoms with Crippen molar-refractivity contribution in [3.05, 3.63) is 18.2 Å². The average Bonchev–Trinajstić information content (AvgIpc) is 3.29. The number of rotatable bonds is 4. The van der Waals surface area contributed by atoms with Crippen LogP contribution in [0.3, 0.4) is 0 Å². The van der Waals surface area contributed by atoms with Gasteiger partial charge in [-0.1, -0.05) is 24.2 Å². The van der Waals surface area contributed by atoms with Crippen LogP contribution in [-0.2, 0) is 19.1 Å². The molecule has 2 aliphatic heterocycles. The maximum atomic E-state index is 12.6. The quantitative estimate of drug-likeness (QED) is 0.751. The molecule has 0 bridgehead atoms. The number of carbonyl (C=O) groups excluding carboxylic acids is 3. The summed E-state index contributed by atoms with van der Waals surface area (Å²) >= 11 is 1.58. The fraction of sp³-hybridized carbons (Fsp3) is 0.524. The van der Waals surface area contributed by atoms with Crippen molar-refractivity contribution in [3.8, 4) is 0 Å². The van der Waals surface area contributed by atoms with Crippen LogP contribution < -0.4 is 10.2 Å². The molecule has 1 saturated carbocycles. The highest BCUT2D eigenvalue weighted by molar-refractivity contribution is 7.22. The lowest BCUT2D eigenvalue weighted by atomic mass is 9.81. The molecule has 8 nitrogen and oxygen atoms in total. The third-order valence-electron chi connectivity index (χ3n) is 6.18. The number of aromatic nitrogens is 1. The number of fused-ring (bicyclic) bond motifs is 2. The van der Waals surface area contributed by atoms with Gasteiger partial charge >= 0.3 is 0 Å². The zero-order chi connectivity index (χ0) is 20.7. The third kappa shape index (κ3) is 3.56. The average molecular weight is 429 g/mol. The molecule has 2 saturated heterocycles. The van der Waals surface area contributed by atoms with E-state index in [1.165, 1.54) is 0 Å². The van der Waals surface area contributed by atoms with Crippen molar-refractivity contribution >= 4 is 50.1 Å². The van der Waals surface area contributed by atoms with E-state index in [1.807, 2.05) is 12.1 Å². The Morgan fingerprint density at radius 2 is 1.83 bits per heavy atom. The van der Waals surface area contributed by atoms with Crippen molar-refractivity contribution in [1.29, 1.82) is 0 Å². The van der Waals surface area contributed by atoms with Gasteiger partial charge in [0.05, 0.1) is 35.3 Å². The van der Waals surface area contributed by atoms with Gasteiger partial charge in [-0.05, 0) is 31.0 Å². The Morgan fingerprint density at radius 3 is 2.53 bits per heavy atom. The van der Waals surface area contributed by atoms with E-state index in [0.717, 1.165) is 59.0 Å². The van der Waals surface area contributed by atoms with E-state index in [0.29, 0.717) is 18.9 Å². The minimum absolute atomic E-state index is 0.187. The van der Waals surface area contributed by atoms with Gasteiger partial charge in [0.25, 0.3) is 0 Å². The molecule has 0 radical (unpaired) electrons. The predicted octanol–water partition coefficient (Wildman–Crippen LogP) is 2.25. The molecule has 2 aromatic rings. The van der Waals surface area contributed by atoms with Gasteiger partial charge in [0, 0.05) is 18.8 Å². The highest BCUT2D eigenvalue weighted by Gasteiger charge is 2.48. The Balaban J connectivity index is 1.26. The van der Waals surface area contributed by atoms with E-state index >= 15 is 0 Å². The van der Waals surface area contributed by atoms with E-state index in [1.54, 1.807) is 17.4 Å². The van der Waals surface area contributed by atoms with E-state index < -0.39 is 0 Å². The minimum atomic E-state index is -0.354. The van der Waals surface area contributed by atoms with Gasteiger partial charge in [0.1, 0.15) is 6.54 Å². The maximum Gasteiger partial charge on any atom is 0.244 e. The number of amides is 3. The minimum Gasteiger partial charge on any atom is -0.378 e. The number of hydrogen-bond acceptors (Lipinski definition) is 7. The van der Waals surface area contributed by atoms with Gasteiger partial charge in [0.15, 0.2) is 5.13 Å². The van der Waals surface area contributed by atoms with E-state index in [4.69, 9.17) is 4.74 Å². The molecule has 0 unspecified atom stereocenters. The van der Waals surface area contributed by atoms with Crippen molar-refractivity contribution in [1.82, 2.24) is 9.88 Å². The van der Waals surface area contributed by atoms with E-state index in [-0.39, 0.29) is 36.1 Å². The highest BCUT2D eigenvalue weighted by atomic mass is 32.1. The van der Waals surface area contributed by atoms with Crippen LogP contribution in [0.1, 0.15) is 25.7 Å². The van der Waals surface area contributed by atoms with Crippen molar-refractivity contribution in [2.24, 2.45) is 11.8 Å². The highest BCUT2D eigenvalue weighted by Crippen LogP contribution is 2.38. The summed E-state index contributed by atoms with van der Waals surface area (Å²) in [5.74, 6) is -1.19. The Bertz CT molecular complexity index is 976. The number of ether oxygens (including phenoxy) is 1. The lowest BCUT2D eigenvalue weighted by Gasteiger charge is -2.25. The fourth-order valence-corrected chi connectivity index (χ4v) is 5.67. The molecule has 1 N–H and O–H groups in total. The molecule has 1 aromatic heterocycles. The lowest BCUT2D eigenvalue weighted by molar-refractivity contribution is -0.142. The molecule has 3 fully saturated rings. The predicted molar refractivity (Wildman–Crippen MR) is 113 cm³/mol. The zero-order valence-corrected chi connectivity index (χ0v) is 17.5. The standard InChI is InChI=1S/C21H24N4O4S/c26-18(12-25-19(27)14-3-1-2-4-15(14)20(25)28)22-13-5-6-16-17(11-13)30-21(23-16)24-7-9-29-10-8-24/h5-6,11,14-15H,1-4,7-10,12H2,(H,22,26)/t14-,15-/m0/s1. The van der Waals surface area contributed by atoms with E-state index in [9.17, 15) is 14.4 Å². The van der Waals surface area contributed by atoms with Crippen LogP contribution in [0.5, 0.6) is 0 Å². The molecule has 3 amide bonds. The van der Waals surface area contributed by atoms with Crippen LogP contribution in [0.25, 0.3) is 10.2 Å². The summed E-state index contributed by atoms with van der Waals surface area (Å²) in [5, 5.41) is 3.78. The monoisotopic (exact) mass is 428 g/mol. The summed E-state index contributed by atoms with van der Waals surface area (Å²) in [4.78, 5) is 45.7. The van der Waals surface area contributed by atoms with Gasteiger partial charge in [-0.3, -0.25) is 19.3 Å². The summed E-state index contributed by atoms with van der Waals surface area (Å²) in [5.41, 5.74) is 1.52. The summed E-state index contributed by atoms with van der Waals surface area (Å²) in [6, 6.07) is 5.57. The van der Waals surface area contributed by atoms with Crippen LogP contribution in [0.4, 0.5) is 10.8 Å². The molecule has 1 aliphatic carbocycles. The molecule has 5 rings (SSSR count). The van der Waals surface area contributed by atoms with Crippen LogP contribution in [0, 0.1) is 11.8 Å². The second-order valence-corrected chi connectivity index (χ2v) is 9.10. The number of likely N-dealkylation sites (tertiary alicyclic amines) is 1. The van der Waals surface area contributed by atoms with Gasteiger partial charge in [0.2, 0.25) is 17.7 Å². The molecular formula is C21H24N4O4S. The zero-order valence-electron chi connectivity index (χ0n) is 16.6. The van der Waals surface area contributed by atoms with Gasteiger partial charge < -0.3 is 15.0 Å². The number of thiazole rings is 1. The number of imide groups is 1. The summed E-state index contributed by atoms with van der Waals surface area (Å²) in [7, 11) is 0. The van der Waals surface area contributed by atoms with Gasteiger partial charge in [-0.2, -0.15) is 0 Å². The number of nitrogens with zero attached hydrogens (tertiary/aromatic N) is 3. The first kappa shape index (κ1) is 19.4. The molecule has 1 aromatic carbocycles. The van der Waals surface area contributed by atoms with Gasteiger partial charge in [-0.15, -0.1) is 0 Å².